The summed E-state index contributed by atoms with van der Waals surface area (Å²) in [6.07, 6.45) is 1.68. The predicted octanol–water partition coefficient (Wildman–Crippen LogP) is 3.70. The van der Waals surface area contributed by atoms with Gasteiger partial charge in [-0.1, -0.05) is 35.9 Å². The number of benzene rings is 2. The molecule has 0 saturated carbocycles. The van der Waals surface area contributed by atoms with Gasteiger partial charge in [0.25, 0.3) is 5.91 Å². The number of ether oxygens (including phenoxy) is 1. The van der Waals surface area contributed by atoms with Gasteiger partial charge in [0.05, 0.1) is 15.6 Å². The fourth-order valence-electron chi connectivity index (χ4n) is 2.12. The Kier molecular flexibility index (Phi) is 5.60. The van der Waals surface area contributed by atoms with Gasteiger partial charge in [-0.3, -0.25) is 4.79 Å². The number of carbonyl (C=O) groups excluding carboxylic acids is 1. The molecule has 0 atom stereocenters. The van der Waals surface area contributed by atoms with E-state index in [0.29, 0.717) is 32.1 Å². The number of carboxylic acids is 1. The van der Waals surface area contributed by atoms with Crippen LogP contribution in [-0.2, 0) is 9.59 Å². The number of amides is 1. The van der Waals surface area contributed by atoms with Gasteiger partial charge in [0.2, 0.25) is 0 Å². The smallest absolute Gasteiger partial charge is 0.341 e. The number of hydrogen-bond acceptors (Lipinski definition) is 5. The number of para-hydroxylation sites is 1. The van der Waals surface area contributed by atoms with Crippen molar-refractivity contribution in [2.24, 2.45) is 4.99 Å². The van der Waals surface area contributed by atoms with Crippen LogP contribution in [0.5, 0.6) is 5.75 Å². The Labute approximate surface area is 158 Å². The summed E-state index contributed by atoms with van der Waals surface area (Å²) in [6, 6.07) is 13.9. The van der Waals surface area contributed by atoms with Gasteiger partial charge in [-0.05, 0) is 47.7 Å². The lowest BCUT2D eigenvalue weighted by atomic mass is 10.2. The lowest BCUT2D eigenvalue weighted by Crippen LogP contribution is -2.19. The van der Waals surface area contributed by atoms with Crippen molar-refractivity contribution in [3.8, 4) is 5.75 Å². The zero-order valence-corrected chi connectivity index (χ0v) is 14.9. The fraction of sp³-hybridized carbons (Fsp3) is 0.0556. The summed E-state index contributed by atoms with van der Waals surface area (Å²) in [6.45, 7) is -0.427. The number of amidine groups is 1. The van der Waals surface area contributed by atoms with Crippen LogP contribution < -0.4 is 10.1 Å². The van der Waals surface area contributed by atoms with Gasteiger partial charge in [0.15, 0.2) is 11.8 Å². The maximum Gasteiger partial charge on any atom is 0.341 e. The van der Waals surface area contributed by atoms with Crippen LogP contribution in [0.15, 0.2) is 58.4 Å². The van der Waals surface area contributed by atoms with Crippen molar-refractivity contribution in [3.05, 3.63) is 64.0 Å². The molecule has 1 aliphatic rings. The number of nitrogens with zero attached hydrogens (tertiary/aromatic N) is 1. The number of nitrogens with one attached hydrogen (secondary N) is 1. The molecular formula is C18H13ClN2O4S. The maximum absolute atomic E-state index is 12.1. The molecule has 1 amide bonds. The monoisotopic (exact) mass is 388 g/mol. The summed E-state index contributed by atoms with van der Waals surface area (Å²) in [4.78, 5) is 27.5. The van der Waals surface area contributed by atoms with Crippen LogP contribution >= 0.6 is 23.4 Å². The van der Waals surface area contributed by atoms with E-state index in [4.69, 9.17) is 21.4 Å². The second kappa shape index (κ2) is 8.07. The number of aliphatic carboxylic acids is 1. The van der Waals surface area contributed by atoms with Crippen LogP contribution in [0.2, 0.25) is 5.02 Å². The molecule has 0 bridgehead atoms. The second-order valence-corrected chi connectivity index (χ2v) is 6.63. The van der Waals surface area contributed by atoms with Crippen molar-refractivity contribution in [2.75, 3.05) is 6.61 Å². The minimum Gasteiger partial charge on any atom is -0.482 e. The average Bonchev–Trinajstić information content (AvgIpc) is 2.95. The zero-order valence-electron chi connectivity index (χ0n) is 13.3. The van der Waals surface area contributed by atoms with E-state index in [-0.39, 0.29) is 5.91 Å². The van der Waals surface area contributed by atoms with Crippen molar-refractivity contribution < 1.29 is 19.4 Å². The first kappa shape index (κ1) is 18.0. The van der Waals surface area contributed by atoms with Gasteiger partial charge in [-0.2, -0.15) is 0 Å². The summed E-state index contributed by atoms with van der Waals surface area (Å²) in [5.41, 5.74) is 1.28. The molecule has 0 aromatic heterocycles. The summed E-state index contributed by atoms with van der Waals surface area (Å²) in [7, 11) is 0. The van der Waals surface area contributed by atoms with Crippen molar-refractivity contribution in [1.29, 1.82) is 0 Å². The molecule has 0 aliphatic carbocycles. The molecule has 2 aromatic rings. The van der Waals surface area contributed by atoms with E-state index in [2.05, 4.69) is 10.3 Å². The molecule has 6 nitrogen and oxygen atoms in total. The predicted molar refractivity (Wildman–Crippen MR) is 102 cm³/mol. The summed E-state index contributed by atoms with van der Waals surface area (Å²) in [5, 5.41) is 12.3. The van der Waals surface area contributed by atoms with E-state index in [9.17, 15) is 9.59 Å². The normalized spacial score (nSPS) is 16.7. The average molecular weight is 389 g/mol. The Morgan fingerprint density at radius 3 is 2.85 bits per heavy atom. The molecule has 26 heavy (non-hydrogen) atoms. The highest BCUT2D eigenvalue weighted by molar-refractivity contribution is 8.18. The topological polar surface area (TPSA) is 88.0 Å². The van der Waals surface area contributed by atoms with Crippen LogP contribution in [0.25, 0.3) is 6.08 Å². The van der Waals surface area contributed by atoms with E-state index >= 15 is 0 Å². The molecule has 8 heteroatoms. The third kappa shape index (κ3) is 4.65. The summed E-state index contributed by atoms with van der Waals surface area (Å²) >= 11 is 7.27. The summed E-state index contributed by atoms with van der Waals surface area (Å²) < 4.78 is 5.14. The zero-order chi connectivity index (χ0) is 18.5. The lowest BCUT2D eigenvalue weighted by molar-refractivity contribution is -0.139. The van der Waals surface area contributed by atoms with Crippen molar-refractivity contribution in [1.82, 2.24) is 5.32 Å². The SMILES string of the molecule is O=C(O)COc1cccc(/C=C2\SC(=Nc3ccccc3Cl)NC2=O)c1. The van der Waals surface area contributed by atoms with Crippen molar-refractivity contribution in [3.63, 3.8) is 0 Å². The van der Waals surface area contributed by atoms with Crippen LogP contribution in [0.3, 0.4) is 0 Å². The molecule has 132 valence electrons. The highest BCUT2D eigenvalue weighted by Crippen LogP contribution is 2.31. The van der Waals surface area contributed by atoms with Gasteiger partial charge in [0.1, 0.15) is 5.75 Å². The number of aliphatic imine (C=N–C) groups is 1. The molecule has 1 fully saturated rings. The van der Waals surface area contributed by atoms with Gasteiger partial charge in [-0.15, -0.1) is 0 Å². The Bertz CT molecular complexity index is 927. The van der Waals surface area contributed by atoms with Crippen LogP contribution in [0, 0.1) is 0 Å². The molecule has 2 N–H and O–H groups in total. The Morgan fingerprint density at radius 1 is 1.27 bits per heavy atom. The number of carboxylic acid groups (broad SMARTS) is 1. The summed E-state index contributed by atoms with van der Waals surface area (Å²) in [5.74, 6) is -0.910. The molecule has 0 unspecified atom stereocenters. The standard InChI is InChI=1S/C18H13ClN2O4S/c19-13-6-1-2-7-14(13)20-18-21-17(24)15(26-18)9-11-4-3-5-12(8-11)25-10-16(22)23/h1-9H,10H2,(H,22,23)(H,20,21,24)/b15-9-. The largest absolute Gasteiger partial charge is 0.482 e. The van der Waals surface area contributed by atoms with Crippen molar-refractivity contribution >= 4 is 52.2 Å². The molecule has 2 aromatic carbocycles. The minimum absolute atomic E-state index is 0.266. The van der Waals surface area contributed by atoms with Crippen LogP contribution in [-0.4, -0.2) is 28.8 Å². The third-order valence-corrected chi connectivity index (χ3v) is 4.47. The number of thioether (sulfide) groups is 1. The van der Waals surface area contributed by atoms with Crippen molar-refractivity contribution in [2.45, 2.75) is 0 Å². The number of rotatable bonds is 5. The molecule has 0 spiro atoms. The van der Waals surface area contributed by atoms with E-state index in [1.807, 2.05) is 6.07 Å². The number of hydrogen-bond donors (Lipinski definition) is 2. The molecule has 3 rings (SSSR count). The Balaban J connectivity index is 1.78. The van der Waals surface area contributed by atoms with Crippen LogP contribution in [0.1, 0.15) is 5.56 Å². The molecule has 1 saturated heterocycles. The van der Waals surface area contributed by atoms with E-state index in [0.717, 1.165) is 0 Å². The highest BCUT2D eigenvalue weighted by Gasteiger charge is 2.24. The molecule has 1 heterocycles. The minimum atomic E-state index is -1.06. The quantitative estimate of drug-likeness (QED) is 0.762. The first-order valence-corrected chi connectivity index (χ1v) is 8.69. The maximum atomic E-state index is 12.1. The molecule has 0 radical (unpaired) electrons. The van der Waals surface area contributed by atoms with E-state index in [1.54, 1.807) is 48.5 Å². The van der Waals surface area contributed by atoms with Gasteiger partial charge >= 0.3 is 5.97 Å². The van der Waals surface area contributed by atoms with E-state index < -0.39 is 12.6 Å². The Hall–Kier alpha value is -2.77. The lowest BCUT2D eigenvalue weighted by Gasteiger charge is -2.03. The van der Waals surface area contributed by atoms with E-state index in [1.165, 1.54) is 11.8 Å². The second-order valence-electron chi connectivity index (χ2n) is 5.19. The first-order chi connectivity index (χ1) is 12.5. The van der Waals surface area contributed by atoms with Crippen LogP contribution in [0.4, 0.5) is 5.69 Å². The Morgan fingerprint density at radius 2 is 2.08 bits per heavy atom. The fourth-order valence-corrected chi connectivity index (χ4v) is 3.14. The molecular weight excluding hydrogens is 376 g/mol. The van der Waals surface area contributed by atoms with Gasteiger partial charge in [-0.25, -0.2) is 9.79 Å². The number of carbonyl (C=O) groups is 2. The highest BCUT2D eigenvalue weighted by atomic mass is 35.5. The third-order valence-electron chi connectivity index (χ3n) is 3.24. The van der Waals surface area contributed by atoms with Gasteiger partial charge in [0, 0.05) is 0 Å². The number of halogens is 1. The molecule has 1 aliphatic heterocycles. The van der Waals surface area contributed by atoms with Gasteiger partial charge < -0.3 is 15.2 Å². The first-order valence-electron chi connectivity index (χ1n) is 7.50.